The second kappa shape index (κ2) is 2.94. The van der Waals surface area contributed by atoms with Crippen molar-refractivity contribution in [1.82, 2.24) is 0 Å². The van der Waals surface area contributed by atoms with E-state index >= 15 is 0 Å². The van der Waals surface area contributed by atoms with Gasteiger partial charge in [0.05, 0.1) is 11.8 Å². The molecule has 1 saturated heterocycles. The van der Waals surface area contributed by atoms with E-state index in [1.165, 1.54) is 0 Å². The molecule has 14 heavy (non-hydrogen) atoms. The van der Waals surface area contributed by atoms with Crippen molar-refractivity contribution in [1.29, 1.82) is 0 Å². The van der Waals surface area contributed by atoms with Gasteiger partial charge >= 0.3 is 11.9 Å². The molecule has 2 fully saturated rings. The van der Waals surface area contributed by atoms with Crippen molar-refractivity contribution in [2.45, 2.75) is 13.8 Å². The van der Waals surface area contributed by atoms with Crippen LogP contribution in [0.5, 0.6) is 0 Å². The summed E-state index contributed by atoms with van der Waals surface area (Å²) in [7, 11) is 0. The van der Waals surface area contributed by atoms with Gasteiger partial charge in [-0.15, -0.1) is 6.58 Å². The number of hydrogen-bond donors (Lipinski definition) is 0. The van der Waals surface area contributed by atoms with Crippen LogP contribution in [0.3, 0.4) is 0 Å². The summed E-state index contributed by atoms with van der Waals surface area (Å²) in [6, 6.07) is 0. The summed E-state index contributed by atoms with van der Waals surface area (Å²) in [4.78, 5) is 22.8. The number of ether oxygens (including phenoxy) is 1. The Kier molecular flexibility index (Phi) is 1.98. The Morgan fingerprint density at radius 1 is 1.14 bits per heavy atom. The van der Waals surface area contributed by atoms with Crippen LogP contribution >= 0.6 is 0 Å². The Morgan fingerprint density at radius 2 is 1.71 bits per heavy atom. The van der Waals surface area contributed by atoms with Gasteiger partial charge in [-0.1, -0.05) is 19.9 Å². The van der Waals surface area contributed by atoms with Gasteiger partial charge in [0.2, 0.25) is 0 Å². The molecule has 1 aliphatic carbocycles. The fraction of sp³-hybridized carbons (Fsp3) is 0.636. The van der Waals surface area contributed by atoms with Gasteiger partial charge in [-0.25, -0.2) is 0 Å². The molecule has 1 aliphatic heterocycles. The summed E-state index contributed by atoms with van der Waals surface area (Å²) >= 11 is 0. The summed E-state index contributed by atoms with van der Waals surface area (Å²) in [6.45, 7) is 7.80. The van der Waals surface area contributed by atoms with Crippen molar-refractivity contribution in [2.24, 2.45) is 29.6 Å². The highest BCUT2D eigenvalue weighted by molar-refractivity contribution is 5.97. The maximum Gasteiger partial charge on any atom is 0.318 e. The number of cyclic esters (lactones) is 2. The molecule has 2 rings (SSSR count). The maximum atomic E-state index is 11.4. The predicted octanol–water partition coefficient (Wildman–Crippen LogP) is 1.39. The van der Waals surface area contributed by atoms with Crippen LogP contribution in [0.15, 0.2) is 12.7 Å². The number of rotatable bonds is 1. The lowest BCUT2D eigenvalue weighted by Gasteiger charge is -2.16. The van der Waals surface area contributed by atoms with E-state index in [9.17, 15) is 9.59 Å². The molecule has 5 atom stereocenters. The van der Waals surface area contributed by atoms with Crippen LogP contribution in [0, 0.1) is 29.6 Å². The fourth-order valence-electron chi connectivity index (χ4n) is 2.83. The van der Waals surface area contributed by atoms with E-state index in [0.29, 0.717) is 5.92 Å². The van der Waals surface area contributed by atoms with E-state index in [0.717, 1.165) is 0 Å². The molecule has 0 radical (unpaired) electrons. The SMILES string of the molecule is C=CC1C(C)C(C)C2C(=O)OC(=O)C12. The Bertz CT molecular complexity index is 308. The average Bonchev–Trinajstić information content (AvgIpc) is 2.55. The van der Waals surface area contributed by atoms with Crippen molar-refractivity contribution in [3.63, 3.8) is 0 Å². The van der Waals surface area contributed by atoms with E-state index in [-0.39, 0.29) is 35.6 Å². The second-order valence-corrected chi connectivity index (χ2v) is 4.32. The summed E-state index contributed by atoms with van der Waals surface area (Å²) in [5.74, 6) is -0.578. The van der Waals surface area contributed by atoms with Crippen molar-refractivity contribution in [3.05, 3.63) is 12.7 Å². The Morgan fingerprint density at radius 3 is 2.29 bits per heavy atom. The third-order valence-electron chi connectivity index (χ3n) is 3.82. The molecule has 0 amide bonds. The summed E-state index contributed by atoms with van der Waals surface area (Å²) < 4.78 is 4.65. The van der Waals surface area contributed by atoms with Gasteiger partial charge in [0, 0.05) is 0 Å². The maximum absolute atomic E-state index is 11.4. The average molecular weight is 194 g/mol. The number of carbonyl (C=O) groups is 2. The van der Waals surface area contributed by atoms with Gasteiger partial charge in [0.15, 0.2) is 0 Å². The highest BCUT2D eigenvalue weighted by atomic mass is 16.6. The molecule has 3 heteroatoms. The number of allylic oxidation sites excluding steroid dienone is 1. The number of carbonyl (C=O) groups excluding carboxylic acids is 2. The molecule has 5 unspecified atom stereocenters. The molecule has 3 nitrogen and oxygen atoms in total. The highest BCUT2D eigenvalue weighted by Gasteiger charge is 2.57. The van der Waals surface area contributed by atoms with Crippen LogP contribution in [0.25, 0.3) is 0 Å². The predicted molar refractivity (Wildman–Crippen MR) is 50.1 cm³/mol. The zero-order chi connectivity index (χ0) is 10.5. The summed E-state index contributed by atoms with van der Waals surface area (Å²) in [5, 5.41) is 0. The van der Waals surface area contributed by atoms with Gasteiger partial charge in [-0.3, -0.25) is 9.59 Å². The normalized spacial score (nSPS) is 46.3. The molecule has 0 bridgehead atoms. The van der Waals surface area contributed by atoms with Gasteiger partial charge in [0.25, 0.3) is 0 Å². The quantitative estimate of drug-likeness (QED) is 0.360. The van der Waals surface area contributed by atoms with Gasteiger partial charge in [0.1, 0.15) is 0 Å². The Balaban J connectivity index is 2.39. The standard InChI is InChI=1S/C11H14O3/c1-4-7-5(2)6(3)8-9(7)11(13)14-10(8)12/h4-9H,1H2,2-3H3. The first kappa shape index (κ1) is 9.44. The topological polar surface area (TPSA) is 43.4 Å². The smallest absolute Gasteiger partial charge is 0.318 e. The van der Waals surface area contributed by atoms with Crippen molar-refractivity contribution in [2.75, 3.05) is 0 Å². The lowest BCUT2D eigenvalue weighted by Crippen LogP contribution is -2.18. The van der Waals surface area contributed by atoms with Crippen LogP contribution in [-0.4, -0.2) is 11.9 Å². The molecule has 0 aromatic heterocycles. The van der Waals surface area contributed by atoms with Gasteiger partial charge in [-0.05, 0) is 17.8 Å². The van der Waals surface area contributed by atoms with E-state index < -0.39 is 0 Å². The first-order valence-corrected chi connectivity index (χ1v) is 4.96. The largest absolute Gasteiger partial charge is 0.393 e. The lowest BCUT2D eigenvalue weighted by atomic mass is 9.89. The van der Waals surface area contributed by atoms with Crippen LogP contribution in [0.4, 0.5) is 0 Å². The van der Waals surface area contributed by atoms with E-state index in [2.05, 4.69) is 18.2 Å². The highest BCUT2D eigenvalue weighted by Crippen LogP contribution is 2.50. The molecule has 0 spiro atoms. The molecule has 0 aromatic carbocycles. The van der Waals surface area contributed by atoms with Crippen molar-refractivity contribution >= 4 is 11.9 Å². The molecular weight excluding hydrogens is 180 g/mol. The number of hydrogen-bond acceptors (Lipinski definition) is 3. The van der Waals surface area contributed by atoms with Crippen LogP contribution < -0.4 is 0 Å². The molecule has 76 valence electrons. The number of esters is 2. The van der Waals surface area contributed by atoms with Crippen LogP contribution in [0.2, 0.25) is 0 Å². The van der Waals surface area contributed by atoms with E-state index in [4.69, 9.17) is 0 Å². The monoisotopic (exact) mass is 194 g/mol. The molecule has 0 aromatic rings. The minimum absolute atomic E-state index is 0.0916. The second-order valence-electron chi connectivity index (χ2n) is 4.32. The van der Waals surface area contributed by atoms with Crippen LogP contribution in [-0.2, 0) is 14.3 Å². The van der Waals surface area contributed by atoms with Gasteiger partial charge in [-0.2, -0.15) is 0 Å². The van der Waals surface area contributed by atoms with Gasteiger partial charge < -0.3 is 4.74 Å². The fourth-order valence-corrected chi connectivity index (χ4v) is 2.83. The third kappa shape index (κ3) is 0.982. The zero-order valence-electron chi connectivity index (χ0n) is 8.40. The summed E-state index contributed by atoms with van der Waals surface area (Å²) in [6.07, 6.45) is 1.78. The van der Waals surface area contributed by atoms with Crippen molar-refractivity contribution < 1.29 is 14.3 Å². The van der Waals surface area contributed by atoms with E-state index in [1.807, 2.05) is 6.92 Å². The van der Waals surface area contributed by atoms with Crippen LogP contribution in [0.1, 0.15) is 13.8 Å². The Hall–Kier alpha value is -1.12. The molecule has 1 heterocycles. The zero-order valence-corrected chi connectivity index (χ0v) is 8.40. The first-order valence-electron chi connectivity index (χ1n) is 4.96. The minimum atomic E-state index is -0.360. The third-order valence-corrected chi connectivity index (χ3v) is 3.82. The first-order chi connectivity index (χ1) is 6.57. The van der Waals surface area contributed by atoms with E-state index in [1.54, 1.807) is 6.08 Å². The number of fused-ring (bicyclic) bond motifs is 1. The molecule has 1 saturated carbocycles. The summed E-state index contributed by atoms with van der Waals surface area (Å²) in [5.41, 5.74) is 0. The van der Waals surface area contributed by atoms with Crippen molar-refractivity contribution in [3.8, 4) is 0 Å². The Labute approximate surface area is 83.1 Å². The molecule has 2 aliphatic rings. The minimum Gasteiger partial charge on any atom is -0.393 e. The molecule has 0 N–H and O–H groups in total. The molecular formula is C11H14O3. The lowest BCUT2D eigenvalue weighted by molar-refractivity contribution is -0.155.